The third-order valence-electron chi connectivity index (χ3n) is 4.66. The van der Waals surface area contributed by atoms with Gasteiger partial charge in [-0.2, -0.15) is 18.3 Å². The van der Waals surface area contributed by atoms with Gasteiger partial charge in [0.2, 0.25) is 5.91 Å². The second-order valence-corrected chi connectivity index (χ2v) is 7.06. The highest BCUT2D eigenvalue weighted by molar-refractivity contribution is 5.94. The van der Waals surface area contributed by atoms with Gasteiger partial charge in [0.05, 0.1) is 23.5 Å². The standard InChI is InChI=1S/C18H22F3N7O2/c1-25(2)17(30)27-7-5-26(6-8-27)10-16(29)24-14-9-13(18(19,20)21)3-4-15(14)28-12-22-11-23-28/h3-4,9,11-12H,5-8,10H2,1-2H3,(H,24,29). The van der Waals surface area contributed by atoms with Crippen molar-refractivity contribution in [2.24, 2.45) is 0 Å². The molecule has 0 saturated carbocycles. The van der Waals surface area contributed by atoms with Gasteiger partial charge in [0.25, 0.3) is 0 Å². The Labute approximate surface area is 171 Å². The number of alkyl halides is 3. The van der Waals surface area contributed by atoms with Crippen LogP contribution in [0.5, 0.6) is 0 Å². The fourth-order valence-corrected chi connectivity index (χ4v) is 3.12. The first-order valence-corrected chi connectivity index (χ1v) is 9.20. The average molecular weight is 425 g/mol. The topological polar surface area (TPSA) is 86.6 Å². The summed E-state index contributed by atoms with van der Waals surface area (Å²) in [7, 11) is 3.34. The third-order valence-corrected chi connectivity index (χ3v) is 4.66. The number of halogens is 3. The molecule has 1 saturated heterocycles. The molecule has 2 aromatic rings. The van der Waals surface area contributed by atoms with Crippen molar-refractivity contribution < 1.29 is 22.8 Å². The molecule has 1 aliphatic heterocycles. The van der Waals surface area contributed by atoms with E-state index in [1.54, 1.807) is 19.0 Å². The number of piperazine rings is 1. The molecule has 12 heteroatoms. The van der Waals surface area contributed by atoms with Crippen LogP contribution in [-0.4, -0.2) is 88.2 Å². The molecular weight excluding hydrogens is 403 g/mol. The molecule has 1 aromatic carbocycles. The number of nitrogens with one attached hydrogen (secondary N) is 1. The molecule has 0 bridgehead atoms. The molecule has 0 spiro atoms. The van der Waals surface area contributed by atoms with E-state index in [0.717, 1.165) is 12.1 Å². The first-order valence-electron chi connectivity index (χ1n) is 9.20. The van der Waals surface area contributed by atoms with Crippen LogP contribution in [0.1, 0.15) is 5.56 Å². The summed E-state index contributed by atoms with van der Waals surface area (Å²) in [5, 5.41) is 6.47. The zero-order valence-electron chi connectivity index (χ0n) is 16.6. The predicted octanol–water partition coefficient (Wildman–Crippen LogP) is 1.52. The van der Waals surface area contributed by atoms with Crippen molar-refractivity contribution in [3.8, 4) is 5.69 Å². The molecule has 3 amide bonds. The fraction of sp³-hybridized carbons (Fsp3) is 0.444. The lowest BCUT2D eigenvalue weighted by molar-refractivity contribution is -0.137. The molecule has 9 nitrogen and oxygen atoms in total. The summed E-state index contributed by atoms with van der Waals surface area (Å²) in [4.78, 5) is 33.3. The monoisotopic (exact) mass is 425 g/mol. The molecule has 3 rings (SSSR count). The maximum Gasteiger partial charge on any atom is 0.416 e. The van der Waals surface area contributed by atoms with Gasteiger partial charge in [-0.3, -0.25) is 9.69 Å². The Morgan fingerprint density at radius 3 is 2.43 bits per heavy atom. The number of carbonyl (C=O) groups is 2. The van der Waals surface area contributed by atoms with Crippen LogP contribution in [0.25, 0.3) is 5.69 Å². The van der Waals surface area contributed by atoms with Gasteiger partial charge in [0, 0.05) is 40.3 Å². The Bertz CT molecular complexity index is 892. The van der Waals surface area contributed by atoms with Crippen LogP contribution in [0, 0.1) is 0 Å². The van der Waals surface area contributed by atoms with Crippen LogP contribution in [-0.2, 0) is 11.0 Å². The van der Waals surface area contributed by atoms with Crippen molar-refractivity contribution in [3.05, 3.63) is 36.4 Å². The average Bonchev–Trinajstić information content (AvgIpc) is 3.21. The Morgan fingerprint density at radius 2 is 1.87 bits per heavy atom. The number of hydrogen-bond acceptors (Lipinski definition) is 5. The van der Waals surface area contributed by atoms with Crippen molar-refractivity contribution >= 4 is 17.6 Å². The van der Waals surface area contributed by atoms with E-state index in [-0.39, 0.29) is 24.0 Å². The van der Waals surface area contributed by atoms with Gasteiger partial charge < -0.3 is 15.1 Å². The number of hydrogen-bond donors (Lipinski definition) is 1. The van der Waals surface area contributed by atoms with E-state index >= 15 is 0 Å². The lowest BCUT2D eigenvalue weighted by Crippen LogP contribution is -2.52. The molecule has 1 aromatic heterocycles. The van der Waals surface area contributed by atoms with Crippen LogP contribution in [0.4, 0.5) is 23.7 Å². The molecular formula is C18H22F3N7O2. The lowest BCUT2D eigenvalue weighted by atomic mass is 10.1. The molecule has 1 fully saturated rings. The summed E-state index contributed by atoms with van der Waals surface area (Å²) in [5.41, 5.74) is -0.616. The number of aromatic nitrogens is 3. The normalized spacial score (nSPS) is 15.2. The largest absolute Gasteiger partial charge is 0.416 e. The molecule has 162 valence electrons. The quantitative estimate of drug-likeness (QED) is 0.803. The maximum atomic E-state index is 13.1. The number of amides is 3. The Hall–Kier alpha value is -3.15. The summed E-state index contributed by atoms with van der Waals surface area (Å²) in [5.74, 6) is -0.455. The number of rotatable bonds is 4. The first-order chi connectivity index (χ1) is 14.1. The minimum Gasteiger partial charge on any atom is -0.331 e. The van der Waals surface area contributed by atoms with Crippen molar-refractivity contribution in [2.75, 3.05) is 52.1 Å². The number of urea groups is 1. The summed E-state index contributed by atoms with van der Waals surface area (Å²) in [6, 6.07) is 2.94. The Kier molecular flexibility index (Phi) is 6.25. The van der Waals surface area contributed by atoms with Gasteiger partial charge in [-0.05, 0) is 18.2 Å². The Balaban J connectivity index is 1.68. The van der Waals surface area contributed by atoms with Crippen molar-refractivity contribution in [1.82, 2.24) is 29.5 Å². The highest BCUT2D eigenvalue weighted by Gasteiger charge is 2.31. The van der Waals surface area contributed by atoms with Crippen LogP contribution in [0.15, 0.2) is 30.9 Å². The van der Waals surface area contributed by atoms with E-state index < -0.39 is 17.6 Å². The Morgan fingerprint density at radius 1 is 1.17 bits per heavy atom. The van der Waals surface area contributed by atoms with Crippen LogP contribution in [0.2, 0.25) is 0 Å². The van der Waals surface area contributed by atoms with Crippen LogP contribution < -0.4 is 5.32 Å². The van der Waals surface area contributed by atoms with Gasteiger partial charge in [0.1, 0.15) is 12.7 Å². The number of carbonyl (C=O) groups excluding carboxylic acids is 2. The molecule has 0 aliphatic carbocycles. The molecule has 0 atom stereocenters. The van der Waals surface area contributed by atoms with Crippen molar-refractivity contribution in [3.63, 3.8) is 0 Å². The van der Waals surface area contributed by atoms with Gasteiger partial charge >= 0.3 is 12.2 Å². The highest BCUT2D eigenvalue weighted by Crippen LogP contribution is 2.33. The fourth-order valence-electron chi connectivity index (χ4n) is 3.12. The maximum absolute atomic E-state index is 13.1. The molecule has 1 aliphatic rings. The van der Waals surface area contributed by atoms with Crippen LogP contribution >= 0.6 is 0 Å². The molecule has 0 unspecified atom stereocenters. The highest BCUT2D eigenvalue weighted by atomic mass is 19.4. The molecule has 2 heterocycles. The predicted molar refractivity (Wildman–Crippen MR) is 102 cm³/mol. The smallest absolute Gasteiger partial charge is 0.331 e. The number of anilines is 1. The molecule has 1 N–H and O–H groups in total. The summed E-state index contributed by atoms with van der Waals surface area (Å²) >= 11 is 0. The zero-order valence-corrected chi connectivity index (χ0v) is 16.6. The van der Waals surface area contributed by atoms with Crippen molar-refractivity contribution in [2.45, 2.75) is 6.18 Å². The SMILES string of the molecule is CN(C)C(=O)N1CCN(CC(=O)Nc2cc(C(F)(F)F)ccc2-n2cncn2)CC1. The molecule has 30 heavy (non-hydrogen) atoms. The minimum atomic E-state index is -4.55. The second-order valence-electron chi connectivity index (χ2n) is 7.06. The lowest BCUT2D eigenvalue weighted by Gasteiger charge is -2.35. The number of nitrogens with zero attached hydrogens (tertiary/aromatic N) is 6. The van der Waals surface area contributed by atoms with E-state index in [9.17, 15) is 22.8 Å². The van der Waals surface area contributed by atoms with Gasteiger partial charge in [0.15, 0.2) is 0 Å². The third kappa shape index (κ3) is 5.06. The first kappa shape index (κ1) is 21.6. The number of benzene rings is 1. The van der Waals surface area contributed by atoms with Crippen molar-refractivity contribution in [1.29, 1.82) is 0 Å². The van der Waals surface area contributed by atoms with E-state index in [0.29, 0.717) is 26.2 Å². The van der Waals surface area contributed by atoms with Gasteiger partial charge in [-0.25, -0.2) is 14.5 Å². The van der Waals surface area contributed by atoms with E-state index in [4.69, 9.17) is 0 Å². The summed E-state index contributed by atoms with van der Waals surface area (Å²) in [6.45, 7) is 1.92. The van der Waals surface area contributed by atoms with Gasteiger partial charge in [-0.1, -0.05) is 0 Å². The summed E-state index contributed by atoms with van der Waals surface area (Å²) in [6.07, 6.45) is -1.97. The van der Waals surface area contributed by atoms with E-state index in [1.807, 2.05) is 4.90 Å². The molecule has 0 radical (unpaired) electrons. The second kappa shape index (κ2) is 8.69. The summed E-state index contributed by atoms with van der Waals surface area (Å²) < 4.78 is 40.6. The van der Waals surface area contributed by atoms with Crippen LogP contribution in [0.3, 0.4) is 0 Å². The van der Waals surface area contributed by atoms with Gasteiger partial charge in [-0.15, -0.1) is 0 Å². The zero-order chi connectivity index (χ0) is 21.9. The van der Waals surface area contributed by atoms with E-state index in [1.165, 1.54) is 28.3 Å². The minimum absolute atomic E-state index is 0.00294. The van der Waals surface area contributed by atoms with E-state index in [2.05, 4.69) is 15.4 Å².